The molecule has 9 heteroatoms. The molecule has 2 aromatic heterocycles. The van der Waals surface area contributed by atoms with Crippen LogP contribution in [0.15, 0.2) is 60.7 Å². The van der Waals surface area contributed by atoms with E-state index >= 15 is 0 Å². The topological polar surface area (TPSA) is 93.0 Å². The molecule has 36 heavy (non-hydrogen) atoms. The Kier molecular flexibility index (Phi) is 6.99. The van der Waals surface area contributed by atoms with Crippen LogP contribution in [0.25, 0.3) is 16.9 Å². The zero-order valence-corrected chi connectivity index (χ0v) is 20.5. The maximum atomic E-state index is 12.4. The maximum Gasteiger partial charge on any atom is 0.247 e. The van der Waals surface area contributed by atoms with Crippen molar-refractivity contribution in [3.63, 3.8) is 0 Å². The fraction of sp³-hybridized carbons (Fsp3) is 0.296. The Morgan fingerprint density at radius 1 is 0.972 bits per heavy atom. The number of pyridine rings is 1. The number of amides is 1. The largest absolute Gasteiger partial charge is 0.486 e. The fourth-order valence-corrected chi connectivity index (χ4v) is 4.21. The molecule has 0 bridgehead atoms. The van der Waals surface area contributed by atoms with Gasteiger partial charge in [0, 0.05) is 29.9 Å². The molecule has 4 aromatic rings. The van der Waals surface area contributed by atoms with Crippen molar-refractivity contribution >= 4 is 28.9 Å². The van der Waals surface area contributed by atoms with E-state index in [-0.39, 0.29) is 5.91 Å². The van der Waals surface area contributed by atoms with Gasteiger partial charge < -0.3 is 25.0 Å². The number of ether oxygens (including phenoxy) is 2. The van der Waals surface area contributed by atoms with Gasteiger partial charge in [-0.2, -0.15) is 4.98 Å². The number of rotatable bonds is 9. The predicted octanol–water partition coefficient (Wildman–Crippen LogP) is 4.58. The number of anilines is 3. The first-order valence-corrected chi connectivity index (χ1v) is 12.3. The molecule has 9 nitrogen and oxygen atoms in total. The molecule has 0 atom stereocenters. The minimum atomic E-state index is -0.00558. The summed E-state index contributed by atoms with van der Waals surface area (Å²) in [4.78, 5) is 19.3. The van der Waals surface area contributed by atoms with Gasteiger partial charge in [-0.05, 0) is 61.6 Å². The first-order valence-electron chi connectivity index (χ1n) is 12.3. The fourth-order valence-electron chi connectivity index (χ4n) is 4.21. The van der Waals surface area contributed by atoms with Gasteiger partial charge in [-0.25, -0.2) is 4.52 Å². The second-order valence-corrected chi connectivity index (χ2v) is 8.51. The van der Waals surface area contributed by atoms with Crippen molar-refractivity contribution in [3.8, 4) is 22.8 Å². The average Bonchev–Trinajstić information content (AvgIpc) is 3.31. The van der Waals surface area contributed by atoms with E-state index in [1.165, 1.54) is 0 Å². The van der Waals surface area contributed by atoms with E-state index in [2.05, 4.69) is 39.5 Å². The maximum absolute atomic E-state index is 12.4. The first kappa shape index (κ1) is 23.6. The van der Waals surface area contributed by atoms with Gasteiger partial charge >= 0.3 is 0 Å². The summed E-state index contributed by atoms with van der Waals surface area (Å²) in [5.41, 5.74) is 4.07. The highest BCUT2D eigenvalue weighted by Gasteiger charge is 2.15. The van der Waals surface area contributed by atoms with Gasteiger partial charge in [0.05, 0.1) is 5.69 Å². The number of carbonyl (C=O) groups is 1. The van der Waals surface area contributed by atoms with Crippen LogP contribution in [-0.4, -0.2) is 58.3 Å². The third-order valence-corrected chi connectivity index (χ3v) is 6.15. The van der Waals surface area contributed by atoms with Crippen molar-refractivity contribution in [1.29, 1.82) is 0 Å². The molecule has 1 aliphatic heterocycles. The van der Waals surface area contributed by atoms with Crippen LogP contribution in [0.2, 0.25) is 0 Å². The lowest BCUT2D eigenvalue weighted by Crippen LogP contribution is -2.27. The van der Waals surface area contributed by atoms with E-state index in [4.69, 9.17) is 9.47 Å². The monoisotopic (exact) mass is 486 g/mol. The summed E-state index contributed by atoms with van der Waals surface area (Å²) in [6.07, 6.45) is 0.454. The van der Waals surface area contributed by atoms with Gasteiger partial charge in [-0.1, -0.05) is 26.0 Å². The summed E-state index contributed by atoms with van der Waals surface area (Å²) >= 11 is 0. The summed E-state index contributed by atoms with van der Waals surface area (Å²) in [6, 6.07) is 19.3. The molecule has 0 radical (unpaired) electrons. The van der Waals surface area contributed by atoms with Gasteiger partial charge in [0.1, 0.15) is 13.2 Å². The Morgan fingerprint density at radius 2 is 1.75 bits per heavy atom. The number of carbonyl (C=O) groups excluding carboxylic acids is 1. The van der Waals surface area contributed by atoms with E-state index < -0.39 is 0 Å². The second-order valence-electron chi connectivity index (χ2n) is 8.51. The smallest absolute Gasteiger partial charge is 0.247 e. The number of benzene rings is 2. The molecule has 0 saturated carbocycles. The third kappa shape index (κ3) is 5.26. The normalized spacial score (nSPS) is 12.6. The number of hydrogen-bond donors (Lipinski definition) is 2. The molecular weight excluding hydrogens is 456 g/mol. The molecule has 2 aromatic carbocycles. The minimum Gasteiger partial charge on any atom is -0.486 e. The van der Waals surface area contributed by atoms with Crippen LogP contribution in [-0.2, 0) is 4.79 Å². The van der Waals surface area contributed by atoms with E-state index in [0.29, 0.717) is 31.2 Å². The van der Waals surface area contributed by atoms with Crippen LogP contribution in [0.3, 0.4) is 0 Å². The molecule has 1 amide bonds. The second kappa shape index (κ2) is 10.7. The van der Waals surface area contributed by atoms with Crippen LogP contribution < -0.4 is 20.1 Å². The van der Waals surface area contributed by atoms with Crippen LogP contribution in [0.1, 0.15) is 20.3 Å². The number of hydrogen-bond acceptors (Lipinski definition) is 7. The van der Waals surface area contributed by atoms with E-state index in [9.17, 15) is 4.79 Å². The van der Waals surface area contributed by atoms with Gasteiger partial charge in [-0.15, -0.1) is 5.10 Å². The predicted molar refractivity (Wildman–Crippen MR) is 140 cm³/mol. The highest BCUT2D eigenvalue weighted by Crippen LogP contribution is 2.34. The number of nitrogens with one attached hydrogen (secondary N) is 2. The van der Waals surface area contributed by atoms with E-state index in [0.717, 1.165) is 53.8 Å². The quantitative estimate of drug-likeness (QED) is 0.358. The van der Waals surface area contributed by atoms with Crippen molar-refractivity contribution in [2.45, 2.75) is 20.3 Å². The Balaban J connectivity index is 1.32. The minimum absolute atomic E-state index is 0.00558. The summed E-state index contributed by atoms with van der Waals surface area (Å²) in [5.74, 6) is 1.93. The molecule has 0 spiro atoms. The van der Waals surface area contributed by atoms with Gasteiger partial charge in [-0.3, -0.25) is 4.79 Å². The van der Waals surface area contributed by atoms with Crippen molar-refractivity contribution in [2.24, 2.45) is 0 Å². The van der Waals surface area contributed by atoms with Gasteiger partial charge in [0.25, 0.3) is 0 Å². The molecule has 5 rings (SSSR count). The highest BCUT2D eigenvalue weighted by molar-refractivity contribution is 5.91. The molecule has 0 unspecified atom stereocenters. The SMILES string of the molecule is CCN(CC)CCC(=O)Nc1cccc(Nc2nc3cccc(-c4ccc5c(c4)OCCO5)n3n2)c1. The lowest BCUT2D eigenvalue weighted by Gasteiger charge is -2.19. The molecule has 0 aliphatic carbocycles. The summed E-state index contributed by atoms with van der Waals surface area (Å²) < 4.78 is 13.2. The van der Waals surface area contributed by atoms with Crippen LogP contribution in [0, 0.1) is 0 Å². The van der Waals surface area contributed by atoms with Crippen molar-refractivity contribution in [2.75, 3.05) is 43.5 Å². The van der Waals surface area contributed by atoms with Crippen molar-refractivity contribution < 1.29 is 14.3 Å². The average molecular weight is 487 g/mol. The number of fused-ring (bicyclic) bond motifs is 2. The number of nitrogens with zero attached hydrogens (tertiary/aromatic N) is 4. The Labute approximate surface area is 210 Å². The molecule has 2 N–H and O–H groups in total. The lowest BCUT2D eigenvalue weighted by molar-refractivity contribution is -0.116. The van der Waals surface area contributed by atoms with Crippen molar-refractivity contribution in [3.05, 3.63) is 60.7 Å². The summed E-state index contributed by atoms with van der Waals surface area (Å²) in [5, 5.41) is 10.9. The van der Waals surface area contributed by atoms with E-state index in [1.54, 1.807) is 4.52 Å². The zero-order chi connectivity index (χ0) is 24.9. The Hall–Kier alpha value is -4.11. The standard InChI is InChI=1S/C27H30N6O3/c1-3-32(4-2)14-13-26(34)28-20-7-5-8-21(18-20)29-27-30-25-10-6-9-22(33(25)31-27)19-11-12-23-24(17-19)36-16-15-35-23/h5-12,17-18H,3-4,13-16H2,1-2H3,(H,28,34)(H,29,31). The van der Waals surface area contributed by atoms with Gasteiger partial charge in [0.2, 0.25) is 11.9 Å². The van der Waals surface area contributed by atoms with Crippen LogP contribution >= 0.6 is 0 Å². The lowest BCUT2D eigenvalue weighted by atomic mass is 10.1. The zero-order valence-electron chi connectivity index (χ0n) is 20.5. The van der Waals surface area contributed by atoms with Crippen molar-refractivity contribution in [1.82, 2.24) is 19.5 Å². The molecule has 0 fully saturated rings. The molecule has 1 aliphatic rings. The third-order valence-electron chi connectivity index (χ3n) is 6.15. The number of aromatic nitrogens is 3. The van der Waals surface area contributed by atoms with Gasteiger partial charge in [0.15, 0.2) is 17.1 Å². The molecule has 3 heterocycles. The summed E-state index contributed by atoms with van der Waals surface area (Å²) in [6.45, 7) is 7.91. The Morgan fingerprint density at radius 3 is 2.58 bits per heavy atom. The van der Waals surface area contributed by atoms with Crippen LogP contribution in [0.5, 0.6) is 11.5 Å². The highest BCUT2D eigenvalue weighted by atomic mass is 16.6. The molecular formula is C27H30N6O3. The Bertz CT molecular complexity index is 1360. The summed E-state index contributed by atoms with van der Waals surface area (Å²) in [7, 11) is 0. The molecule has 0 saturated heterocycles. The van der Waals surface area contributed by atoms with Crippen LogP contribution in [0.4, 0.5) is 17.3 Å². The molecule has 186 valence electrons. The first-order chi connectivity index (χ1) is 17.6. The van der Waals surface area contributed by atoms with E-state index in [1.807, 2.05) is 60.7 Å².